The number of carboxylic acids is 2. The summed E-state index contributed by atoms with van der Waals surface area (Å²) in [7, 11) is 0. The molecule has 4 nitrogen and oxygen atoms in total. The Hall–Kier alpha value is -3.40. The van der Waals surface area contributed by atoms with Gasteiger partial charge in [-0.2, -0.15) is 0 Å². The number of aryl methyl sites for hydroxylation is 4. The van der Waals surface area contributed by atoms with Crippen molar-refractivity contribution in [2.24, 2.45) is 0 Å². The number of benzene rings is 4. The summed E-state index contributed by atoms with van der Waals surface area (Å²) in [6.45, 7) is 8.39. The fourth-order valence-corrected chi connectivity index (χ4v) is 6.00. The minimum Gasteiger partial charge on any atom is -0.478 e. The Morgan fingerprint density at radius 3 is 1.14 bits per heavy atom. The molecule has 0 aromatic heterocycles. The van der Waals surface area contributed by atoms with Gasteiger partial charge in [-0.05, 0) is 92.4 Å². The normalized spacial score (nSPS) is 11.6. The first-order valence-electron chi connectivity index (χ1n) is 13.3. The Balaban J connectivity index is 2.34. The van der Waals surface area contributed by atoms with Crippen LogP contribution in [0.1, 0.15) is 96.3 Å². The second-order valence-electron chi connectivity index (χ2n) is 9.76. The minimum atomic E-state index is -1.16. The highest BCUT2D eigenvalue weighted by Crippen LogP contribution is 2.41. The van der Waals surface area contributed by atoms with E-state index in [1.807, 2.05) is 13.8 Å². The van der Waals surface area contributed by atoms with Crippen LogP contribution in [0.25, 0.3) is 32.3 Å². The molecule has 4 heteroatoms. The van der Waals surface area contributed by atoms with Gasteiger partial charge in [-0.15, -0.1) is 0 Å². The third-order valence-corrected chi connectivity index (χ3v) is 7.32. The van der Waals surface area contributed by atoms with Crippen LogP contribution in [0.5, 0.6) is 0 Å². The molecule has 0 amide bonds. The van der Waals surface area contributed by atoms with Gasteiger partial charge in [0.05, 0.1) is 11.1 Å². The Morgan fingerprint density at radius 1 is 0.528 bits per heavy atom. The molecule has 0 saturated heterocycles. The molecule has 4 aromatic rings. The molecule has 0 heterocycles. The Morgan fingerprint density at radius 2 is 0.833 bits per heavy atom. The van der Waals surface area contributed by atoms with Crippen molar-refractivity contribution in [3.05, 3.63) is 69.8 Å². The van der Waals surface area contributed by atoms with Crippen molar-refractivity contribution in [1.29, 1.82) is 0 Å². The Bertz CT molecular complexity index is 1370. The summed E-state index contributed by atoms with van der Waals surface area (Å²) in [6.07, 6.45) is 6.39. The number of hydrogen-bond donors (Lipinski definition) is 2. The number of fused-ring (bicyclic) bond motifs is 3. The average molecular weight is 485 g/mol. The van der Waals surface area contributed by atoms with Gasteiger partial charge in [-0.3, -0.25) is 0 Å². The lowest BCUT2D eigenvalue weighted by molar-refractivity contribution is 0.0650. The molecular formula is C32H36O4. The maximum absolute atomic E-state index is 12.5. The first-order chi connectivity index (χ1) is 17.4. The topological polar surface area (TPSA) is 74.6 Å². The summed E-state index contributed by atoms with van der Waals surface area (Å²) in [5.74, 6) is -2.32. The largest absolute Gasteiger partial charge is 0.478 e. The predicted octanol–water partition coefficient (Wildman–Crippen LogP) is 8.35. The lowest BCUT2D eigenvalue weighted by atomic mass is 9.81. The lowest BCUT2D eigenvalue weighted by Crippen LogP contribution is -2.16. The first-order valence-corrected chi connectivity index (χ1v) is 13.3. The van der Waals surface area contributed by atoms with Crippen LogP contribution in [0.4, 0.5) is 0 Å². The molecule has 4 aromatic carbocycles. The molecule has 0 radical (unpaired) electrons. The molecule has 0 bridgehead atoms. The summed E-state index contributed by atoms with van der Waals surface area (Å²) >= 11 is 0. The van der Waals surface area contributed by atoms with Crippen LogP contribution in [-0.2, 0) is 25.7 Å². The van der Waals surface area contributed by atoms with Crippen LogP contribution in [0.3, 0.4) is 0 Å². The van der Waals surface area contributed by atoms with E-state index < -0.39 is 11.9 Å². The molecular weight excluding hydrogens is 448 g/mol. The third-order valence-electron chi connectivity index (χ3n) is 7.32. The molecule has 0 aliphatic carbocycles. The van der Waals surface area contributed by atoms with Gasteiger partial charge in [0.1, 0.15) is 0 Å². The molecule has 0 aliphatic heterocycles. The molecule has 0 spiro atoms. The standard InChI is InChI=1S/C32H36O4/c1-5-11-19-21-15-9-10-16-22(21)20(12-6-2)26-18-28-24(14-8-4)30(32(35)36)29(31(33)34)23(13-7-3)27(28)17-25(19)26/h9-10,15-18H,5-8,11-14H2,1-4H3,(H,33,34)(H,35,36). The predicted molar refractivity (Wildman–Crippen MR) is 149 cm³/mol. The zero-order valence-corrected chi connectivity index (χ0v) is 21.8. The van der Waals surface area contributed by atoms with Gasteiger partial charge < -0.3 is 10.2 Å². The van der Waals surface area contributed by atoms with Crippen molar-refractivity contribution in [2.45, 2.75) is 79.1 Å². The monoisotopic (exact) mass is 484 g/mol. The molecule has 188 valence electrons. The van der Waals surface area contributed by atoms with Gasteiger partial charge in [0.15, 0.2) is 0 Å². The minimum absolute atomic E-state index is 0.0359. The third kappa shape index (κ3) is 4.23. The summed E-state index contributed by atoms with van der Waals surface area (Å²) in [6, 6.07) is 13.0. The van der Waals surface area contributed by atoms with E-state index in [-0.39, 0.29) is 11.1 Å². The number of carboxylic acid groups (broad SMARTS) is 2. The fourth-order valence-electron chi connectivity index (χ4n) is 6.00. The second-order valence-corrected chi connectivity index (χ2v) is 9.76. The van der Waals surface area contributed by atoms with Crippen LogP contribution in [0, 0.1) is 0 Å². The van der Waals surface area contributed by atoms with Gasteiger partial charge in [-0.25, -0.2) is 9.59 Å². The van der Waals surface area contributed by atoms with Crippen LogP contribution in [-0.4, -0.2) is 22.2 Å². The maximum Gasteiger partial charge on any atom is 0.336 e. The molecule has 0 fully saturated rings. The SMILES string of the molecule is CCCc1c(C(=O)O)c(C(=O)O)c(CCC)c2cc3c(CCC)c4ccccc4c(CCC)c3cc12. The van der Waals surface area contributed by atoms with Crippen LogP contribution >= 0.6 is 0 Å². The van der Waals surface area contributed by atoms with Crippen molar-refractivity contribution in [3.8, 4) is 0 Å². The van der Waals surface area contributed by atoms with E-state index in [2.05, 4.69) is 50.2 Å². The molecule has 0 unspecified atom stereocenters. The van der Waals surface area contributed by atoms with Crippen molar-refractivity contribution >= 4 is 44.3 Å². The quantitative estimate of drug-likeness (QED) is 0.222. The van der Waals surface area contributed by atoms with Crippen molar-refractivity contribution in [1.82, 2.24) is 0 Å². The van der Waals surface area contributed by atoms with E-state index in [0.717, 1.165) is 49.3 Å². The Labute approximate surface area is 212 Å². The lowest BCUT2D eigenvalue weighted by Gasteiger charge is -2.22. The summed E-state index contributed by atoms with van der Waals surface area (Å²) < 4.78 is 0. The maximum atomic E-state index is 12.5. The van der Waals surface area contributed by atoms with Crippen LogP contribution in [0.15, 0.2) is 36.4 Å². The molecule has 0 saturated carbocycles. The first kappa shape index (κ1) is 25.7. The summed E-state index contributed by atoms with van der Waals surface area (Å²) in [4.78, 5) is 25.0. The van der Waals surface area contributed by atoms with E-state index in [1.165, 1.54) is 32.7 Å². The van der Waals surface area contributed by atoms with Gasteiger partial charge >= 0.3 is 11.9 Å². The second kappa shape index (κ2) is 10.7. The average Bonchev–Trinajstić information content (AvgIpc) is 2.86. The van der Waals surface area contributed by atoms with E-state index in [9.17, 15) is 19.8 Å². The number of aromatic carboxylic acids is 2. The van der Waals surface area contributed by atoms with Crippen LogP contribution in [0.2, 0.25) is 0 Å². The fraction of sp³-hybridized carbons (Fsp3) is 0.375. The number of hydrogen-bond acceptors (Lipinski definition) is 2. The summed E-state index contributed by atoms with van der Waals surface area (Å²) in [5.41, 5.74) is 3.81. The summed E-state index contributed by atoms with van der Waals surface area (Å²) in [5, 5.41) is 27.1. The van der Waals surface area contributed by atoms with E-state index in [1.54, 1.807) is 0 Å². The zero-order valence-electron chi connectivity index (χ0n) is 21.8. The number of rotatable bonds is 10. The van der Waals surface area contributed by atoms with Gasteiger partial charge in [0.25, 0.3) is 0 Å². The molecule has 36 heavy (non-hydrogen) atoms. The van der Waals surface area contributed by atoms with Gasteiger partial charge in [0, 0.05) is 0 Å². The van der Waals surface area contributed by atoms with Crippen molar-refractivity contribution in [2.75, 3.05) is 0 Å². The van der Waals surface area contributed by atoms with Gasteiger partial charge in [-0.1, -0.05) is 77.6 Å². The van der Waals surface area contributed by atoms with E-state index >= 15 is 0 Å². The van der Waals surface area contributed by atoms with Crippen molar-refractivity contribution in [3.63, 3.8) is 0 Å². The molecule has 2 N–H and O–H groups in total. The highest BCUT2D eigenvalue weighted by molar-refractivity contribution is 6.16. The molecule has 4 rings (SSSR count). The highest BCUT2D eigenvalue weighted by atomic mass is 16.4. The van der Waals surface area contributed by atoms with E-state index in [0.29, 0.717) is 24.0 Å². The smallest absolute Gasteiger partial charge is 0.336 e. The Kier molecular flexibility index (Phi) is 7.63. The molecule has 0 atom stereocenters. The highest BCUT2D eigenvalue weighted by Gasteiger charge is 2.28. The number of carbonyl (C=O) groups is 2. The van der Waals surface area contributed by atoms with Crippen LogP contribution < -0.4 is 0 Å². The van der Waals surface area contributed by atoms with Gasteiger partial charge in [0.2, 0.25) is 0 Å². The molecule has 0 aliphatic rings. The van der Waals surface area contributed by atoms with E-state index in [4.69, 9.17) is 0 Å². The zero-order chi connectivity index (χ0) is 26.0. The van der Waals surface area contributed by atoms with Crippen molar-refractivity contribution < 1.29 is 19.8 Å².